The highest BCUT2D eigenvalue weighted by Crippen LogP contribution is 2.19. The highest BCUT2D eigenvalue weighted by molar-refractivity contribution is 6.30. The van der Waals surface area contributed by atoms with Crippen LogP contribution in [-0.2, 0) is 18.1 Å². The average Bonchev–Trinajstić information content (AvgIpc) is 2.72. The Morgan fingerprint density at radius 1 is 0.964 bits per heavy atom. The lowest BCUT2D eigenvalue weighted by Crippen LogP contribution is -1.98. The Labute approximate surface area is 167 Å². The van der Waals surface area contributed by atoms with E-state index in [1.54, 1.807) is 18.3 Å². The molecule has 0 aliphatic carbocycles. The lowest BCUT2D eigenvalue weighted by molar-refractivity contribution is -0.384. The zero-order chi connectivity index (χ0) is 19.8. The Morgan fingerprint density at radius 3 is 2.54 bits per heavy atom. The van der Waals surface area contributed by atoms with E-state index in [2.05, 4.69) is 5.16 Å². The molecule has 3 aromatic rings. The first kappa shape index (κ1) is 19.4. The van der Waals surface area contributed by atoms with Crippen LogP contribution < -0.4 is 4.74 Å². The van der Waals surface area contributed by atoms with Crippen molar-refractivity contribution in [1.29, 1.82) is 0 Å². The van der Waals surface area contributed by atoms with Crippen molar-refractivity contribution in [3.63, 3.8) is 0 Å². The number of nitro benzene ring substituents is 1. The highest BCUT2D eigenvalue weighted by Gasteiger charge is 2.06. The minimum Gasteiger partial charge on any atom is -0.488 e. The van der Waals surface area contributed by atoms with Gasteiger partial charge in [0, 0.05) is 22.7 Å². The van der Waals surface area contributed by atoms with Crippen LogP contribution in [0.5, 0.6) is 5.75 Å². The number of oxime groups is 1. The predicted octanol–water partition coefficient (Wildman–Crippen LogP) is 5.38. The Kier molecular flexibility index (Phi) is 6.59. The van der Waals surface area contributed by atoms with Gasteiger partial charge >= 0.3 is 0 Å². The molecule has 0 bridgehead atoms. The molecule has 0 aliphatic rings. The maximum Gasteiger partial charge on any atom is 0.269 e. The Hall–Kier alpha value is -3.38. The predicted molar refractivity (Wildman–Crippen MR) is 108 cm³/mol. The van der Waals surface area contributed by atoms with Crippen LogP contribution in [0.3, 0.4) is 0 Å². The Balaban J connectivity index is 1.59. The smallest absolute Gasteiger partial charge is 0.269 e. The van der Waals surface area contributed by atoms with Crippen molar-refractivity contribution >= 4 is 23.5 Å². The van der Waals surface area contributed by atoms with Gasteiger partial charge in [-0.1, -0.05) is 53.2 Å². The van der Waals surface area contributed by atoms with E-state index in [9.17, 15) is 10.1 Å². The number of rotatable bonds is 8. The lowest BCUT2D eigenvalue weighted by Gasteiger charge is -2.09. The van der Waals surface area contributed by atoms with Gasteiger partial charge in [-0.25, -0.2) is 0 Å². The number of para-hydroxylation sites is 1. The average molecular weight is 397 g/mol. The molecule has 0 aromatic heterocycles. The first-order chi connectivity index (χ1) is 13.6. The van der Waals surface area contributed by atoms with Crippen molar-refractivity contribution in [1.82, 2.24) is 0 Å². The fraction of sp³-hybridized carbons (Fsp3) is 0.0952. The third-order valence-corrected chi connectivity index (χ3v) is 4.10. The van der Waals surface area contributed by atoms with E-state index in [4.69, 9.17) is 21.2 Å². The van der Waals surface area contributed by atoms with Gasteiger partial charge in [0.2, 0.25) is 0 Å². The topological polar surface area (TPSA) is 74.0 Å². The van der Waals surface area contributed by atoms with Crippen LogP contribution in [-0.4, -0.2) is 11.1 Å². The third-order valence-electron chi connectivity index (χ3n) is 3.85. The second-order valence-corrected chi connectivity index (χ2v) is 6.32. The summed E-state index contributed by atoms with van der Waals surface area (Å²) in [5, 5.41) is 15.4. The van der Waals surface area contributed by atoms with Gasteiger partial charge in [-0.15, -0.1) is 0 Å². The van der Waals surface area contributed by atoms with Crippen molar-refractivity contribution in [2.45, 2.75) is 13.2 Å². The summed E-state index contributed by atoms with van der Waals surface area (Å²) in [7, 11) is 0. The van der Waals surface area contributed by atoms with Gasteiger partial charge in [-0.3, -0.25) is 10.1 Å². The summed E-state index contributed by atoms with van der Waals surface area (Å²) in [4.78, 5) is 15.6. The van der Waals surface area contributed by atoms with E-state index < -0.39 is 4.92 Å². The zero-order valence-corrected chi connectivity index (χ0v) is 15.6. The van der Waals surface area contributed by atoms with Gasteiger partial charge in [0.15, 0.2) is 0 Å². The molecule has 0 saturated heterocycles. The Bertz CT molecular complexity index is 974. The second kappa shape index (κ2) is 9.53. The van der Waals surface area contributed by atoms with Crippen LogP contribution in [0.2, 0.25) is 5.02 Å². The molecule has 142 valence electrons. The molecular formula is C21H17ClN2O4. The number of nitrogens with zero attached hydrogens (tertiary/aromatic N) is 2. The van der Waals surface area contributed by atoms with Crippen LogP contribution >= 0.6 is 11.6 Å². The van der Waals surface area contributed by atoms with Crippen molar-refractivity contribution in [3.05, 3.63) is 105 Å². The number of halogens is 1. The standard InChI is InChI=1S/C21H17ClN2O4/c22-19-10-8-16(9-11-19)14-27-21-7-2-1-5-18(21)13-23-28-15-17-4-3-6-20(12-17)24(25)26/h1-13H,14-15H2/b23-13-. The number of hydrogen-bond acceptors (Lipinski definition) is 5. The molecule has 6 nitrogen and oxygen atoms in total. The van der Waals surface area contributed by atoms with Crippen LogP contribution in [0.15, 0.2) is 78.0 Å². The molecular weight excluding hydrogens is 380 g/mol. The minimum atomic E-state index is -0.443. The van der Waals surface area contributed by atoms with E-state index in [0.29, 0.717) is 22.9 Å². The van der Waals surface area contributed by atoms with Gasteiger partial charge < -0.3 is 9.57 Å². The van der Waals surface area contributed by atoms with Gasteiger partial charge in [0.05, 0.1) is 11.1 Å². The molecule has 0 N–H and O–H groups in total. The maximum atomic E-state index is 10.8. The van der Waals surface area contributed by atoms with Gasteiger partial charge in [-0.05, 0) is 35.4 Å². The van der Waals surface area contributed by atoms with Crippen LogP contribution in [0.25, 0.3) is 0 Å². The number of ether oxygens (including phenoxy) is 1. The molecule has 0 spiro atoms. The Morgan fingerprint density at radius 2 is 1.75 bits per heavy atom. The number of hydrogen-bond donors (Lipinski definition) is 0. The third kappa shape index (κ3) is 5.56. The van der Waals surface area contributed by atoms with Crippen LogP contribution in [0.1, 0.15) is 16.7 Å². The fourth-order valence-electron chi connectivity index (χ4n) is 2.43. The van der Waals surface area contributed by atoms with Crippen molar-refractivity contribution < 1.29 is 14.5 Å². The summed E-state index contributed by atoms with van der Waals surface area (Å²) < 4.78 is 5.86. The molecule has 0 unspecified atom stereocenters. The van der Waals surface area contributed by atoms with Crippen molar-refractivity contribution in [2.24, 2.45) is 5.16 Å². The van der Waals surface area contributed by atoms with Crippen molar-refractivity contribution in [3.8, 4) is 5.75 Å². The molecule has 0 radical (unpaired) electrons. The summed E-state index contributed by atoms with van der Waals surface area (Å²) in [6.45, 7) is 0.530. The van der Waals surface area contributed by atoms with E-state index in [-0.39, 0.29) is 12.3 Å². The van der Waals surface area contributed by atoms with Gasteiger partial charge in [-0.2, -0.15) is 0 Å². The molecule has 28 heavy (non-hydrogen) atoms. The summed E-state index contributed by atoms with van der Waals surface area (Å²) in [6, 6.07) is 21.1. The number of non-ortho nitro benzene ring substituents is 1. The van der Waals surface area contributed by atoms with Crippen LogP contribution in [0.4, 0.5) is 5.69 Å². The van der Waals surface area contributed by atoms with E-state index in [1.165, 1.54) is 12.1 Å². The monoisotopic (exact) mass is 396 g/mol. The first-order valence-electron chi connectivity index (χ1n) is 8.47. The lowest BCUT2D eigenvalue weighted by atomic mass is 10.2. The molecule has 3 aromatic carbocycles. The highest BCUT2D eigenvalue weighted by atomic mass is 35.5. The number of benzene rings is 3. The van der Waals surface area contributed by atoms with E-state index >= 15 is 0 Å². The molecule has 0 aliphatic heterocycles. The quantitative estimate of drug-likeness (QED) is 0.291. The first-order valence-corrected chi connectivity index (χ1v) is 8.84. The second-order valence-electron chi connectivity index (χ2n) is 5.89. The molecule has 7 heteroatoms. The summed E-state index contributed by atoms with van der Waals surface area (Å²) in [6.07, 6.45) is 1.55. The summed E-state index contributed by atoms with van der Waals surface area (Å²) in [5.74, 6) is 0.667. The summed E-state index contributed by atoms with van der Waals surface area (Å²) >= 11 is 5.89. The van der Waals surface area contributed by atoms with Gasteiger partial charge in [0.25, 0.3) is 5.69 Å². The van der Waals surface area contributed by atoms with Gasteiger partial charge in [0.1, 0.15) is 19.0 Å². The molecule has 3 rings (SSSR count). The maximum absolute atomic E-state index is 10.8. The molecule has 0 fully saturated rings. The van der Waals surface area contributed by atoms with Crippen LogP contribution in [0, 0.1) is 10.1 Å². The van der Waals surface area contributed by atoms with E-state index in [1.807, 2.05) is 48.5 Å². The van der Waals surface area contributed by atoms with Crippen molar-refractivity contribution in [2.75, 3.05) is 0 Å². The molecule has 0 heterocycles. The summed E-state index contributed by atoms with van der Waals surface area (Å²) in [5.41, 5.74) is 2.44. The molecule has 0 atom stereocenters. The minimum absolute atomic E-state index is 0.0195. The molecule has 0 amide bonds. The fourth-order valence-corrected chi connectivity index (χ4v) is 2.55. The number of nitro groups is 1. The zero-order valence-electron chi connectivity index (χ0n) is 14.8. The largest absolute Gasteiger partial charge is 0.488 e. The normalized spacial score (nSPS) is 10.8. The molecule has 0 saturated carbocycles. The van der Waals surface area contributed by atoms with E-state index in [0.717, 1.165) is 11.1 Å². The SMILES string of the molecule is O=[N+]([O-])c1cccc(CO/N=C\c2ccccc2OCc2ccc(Cl)cc2)c1.